The molecule has 19 heavy (non-hydrogen) atoms. The molecular formula is C15H24N2O2. The van der Waals surface area contributed by atoms with E-state index in [2.05, 4.69) is 5.32 Å². The normalized spacial score (nSPS) is 12.3. The minimum absolute atomic E-state index is 0.00152. The largest absolute Gasteiger partial charge is 0.493 e. The molecule has 4 nitrogen and oxygen atoms in total. The minimum atomic E-state index is -0.0243. The number of carbonyl (C=O) groups excluding carboxylic acids is 1. The molecule has 1 amide bonds. The molecule has 0 fully saturated rings. The zero-order valence-corrected chi connectivity index (χ0v) is 12.0. The molecule has 0 saturated heterocycles. The summed E-state index contributed by atoms with van der Waals surface area (Å²) in [5.74, 6) is 1.14. The van der Waals surface area contributed by atoms with Gasteiger partial charge in [0.05, 0.1) is 13.0 Å². The van der Waals surface area contributed by atoms with Crippen LogP contribution in [-0.2, 0) is 4.79 Å². The Kier molecular flexibility index (Phi) is 6.36. The summed E-state index contributed by atoms with van der Waals surface area (Å²) in [7, 11) is 0. The highest BCUT2D eigenvalue weighted by Gasteiger charge is 2.09. The molecule has 1 unspecified atom stereocenters. The molecule has 0 aliphatic heterocycles. The van der Waals surface area contributed by atoms with Crippen LogP contribution in [-0.4, -0.2) is 25.1 Å². The van der Waals surface area contributed by atoms with Crippen LogP contribution in [0.4, 0.5) is 0 Å². The first-order valence-electron chi connectivity index (χ1n) is 6.71. The molecule has 0 spiro atoms. The number of carbonyl (C=O) groups is 1. The van der Waals surface area contributed by atoms with Crippen LogP contribution in [0.3, 0.4) is 0 Å². The van der Waals surface area contributed by atoms with Gasteiger partial charge in [-0.3, -0.25) is 4.79 Å². The Morgan fingerprint density at radius 3 is 2.79 bits per heavy atom. The molecule has 1 rings (SSSR count). The molecule has 0 saturated carbocycles. The third-order valence-corrected chi connectivity index (χ3v) is 2.98. The summed E-state index contributed by atoms with van der Waals surface area (Å²) in [5.41, 5.74) is 7.00. The maximum atomic E-state index is 11.6. The molecule has 1 aromatic rings. The Morgan fingerprint density at radius 1 is 1.42 bits per heavy atom. The van der Waals surface area contributed by atoms with E-state index < -0.39 is 0 Å². The van der Waals surface area contributed by atoms with Crippen LogP contribution in [0.15, 0.2) is 24.3 Å². The maximum Gasteiger partial charge on any atom is 0.223 e. The quantitative estimate of drug-likeness (QED) is 0.790. The van der Waals surface area contributed by atoms with Gasteiger partial charge in [-0.15, -0.1) is 0 Å². The Balaban J connectivity index is 2.20. The van der Waals surface area contributed by atoms with E-state index in [1.807, 2.05) is 45.0 Å². The average Bonchev–Trinajstić information content (AvgIpc) is 2.36. The van der Waals surface area contributed by atoms with Crippen molar-refractivity contribution in [3.8, 4) is 5.75 Å². The Morgan fingerprint density at radius 2 is 2.16 bits per heavy atom. The predicted molar refractivity (Wildman–Crippen MR) is 77.1 cm³/mol. The molecule has 1 aromatic carbocycles. The van der Waals surface area contributed by atoms with Gasteiger partial charge in [0, 0.05) is 12.6 Å². The molecule has 106 valence electrons. The smallest absolute Gasteiger partial charge is 0.223 e. The van der Waals surface area contributed by atoms with E-state index >= 15 is 0 Å². The van der Waals surface area contributed by atoms with Crippen molar-refractivity contribution in [1.82, 2.24) is 5.32 Å². The van der Waals surface area contributed by atoms with E-state index in [4.69, 9.17) is 10.5 Å². The molecule has 0 bridgehead atoms. The van der Waals surface area contributed by atoms with Crippen molar-refractivity contribution in [2.24, 2.45) is 11.7 Å². The van der Waals surface area contributed by atoms with Crippen molar-refractivity contribution in [1.29, 1.82) is 0 Å². The molecule has 0 aromatic heterocycles. The topological polar surface area (TPSA) is 64.3 Å². The number of aryl methyl sites for hydroxylation is 1. The number of nitrogens with two attached hydrogens (primary N) is 1. The van der Waals surface area contributed by atoms with Crippen LogP contribution in [0.5, 0.6) is 5.75 Å². The lowest BCUT2D eigenvalue weighted by Crippen LogP contribution is -2.40. The predicted octanol–water partition coefficient (Wildman–Crippen LogP) is 1.86. The van der Waals surface area contributed by atoms with Crippen LogP contribution < -0.4 is 15.8 Å². The fourth-order valence-corrected chi connectivity index (χ4v) is 1.52. The monoisotopic (exact) mass is 264 g/mol. The lowest BCUT2D eigenvalue weighted by atomic mass is 10.1. The second kappa shape index (κ2) is 7.79. The number of hydrogen-bond donors (Lipinski definition) is 2. The highest BCUT2D eigenvalue weighted by atomic mass is 16.5. The van der Waals surface area contributed by atoms with Gasteiger partial charge in [0.25, 0.3) is 0 Å². The second-order valence-electron chi connectivity index (χ2n) is 5.13. The van der Waals surface area contributed by atoms with Crippen LogP contribution in [0.1, 0.15) is 25.8 Å². The number of benzene rings is 1. The van der Waals surface area contributed by atoms with Gasteiger partial charge >= 0.3 is 0 Å². The molecule has 3 N–H and O–H groups in total. The Hall–Kier alpha value is -1.55. The second-order valence-corrected chi connectivity index (χ2v) is 5.13. The summed E-state index contributed by atoms with van der Waals surface area (Å²) in [5, 5.41) is 2.82. The first kappa shape index (κ1) is 15.5. The van der Waals surface area contributed by atoms with E-state index in [1.165, 1.54) is 0 Å². The number of amides is 1. The van der Waals surface area contributed by atoms with E-state index in [-0.39, 0.29) is 11.9 Å². The van der Waals surface area contributed by atoms with Gasteiger partial charge in [0.1, 0.15) is 5.75 Å². The first-order chi connectivity index (χ1) is 8.99. The third-order valence-electron chi connectivity index (χ3n) is 2.98. The molecular weight excluding hydrogens is 240 g/mol. The Bertz CT molecular complexity index is 405. The fraction of sp³-hybridized carbons (Fsp3) is 0.533. The summed E-state index contributed by atoms with van der Waals surface area (Å²) in [6.45, 7) is 6.98. The summed E-state index contributed by atoms with van der Waals surface area (Å²) >= 11 is 0. The van der Waals surface area contributed by atoms with Crippen LogP contribution in [0.2, 0.25) is 0 Å². The molecule has 1 atom stereocenters. The molecule has 0 radical (unpaired) electrons. The number of rotatable bonds is 7. The number of ether oxygens (including phenoxy) is 1. The van der Waals surface area contributed by atoms with Gasteiger partial charge in [-0.25, -0.2) is 0 Å². The molecule has 0 aliphatic carbocycles. The average molecular weight is 264 g/mol. The fourth-order valence-electron chi connectivity index (χ4n) is 1.52. The number of nitrogens with one attached hydrogen (secondary N) is 1. The highest BCUT2D eigenvalue weighted by Crippen LogP contribution is 2.12. The Labute approximate surface area is 115 Å². The van der Waals surface area contributed by atoms with Gasteiger partial charge in [0.15, 0.2) is 0 Å². The van der Waals surface area contributed by atoms with Crippen molar-refractivity contribution in [3.63, 3.8) is 0 Å². The maximum absolute atomic E-state index is 11.6. The van der Waals surface area contributed by atoms with Gasteiger partial charge in [-0.1, -0.05) is 26.0 Å². The van der Waals surface area contributed by atoms with Gasteiger partial charge < -0.3 is 15.8 Å². The van der Waals surface area contributed by atoms with Gasteiger partial charge in [-0.05, 0) is 30.5 Å². The first-order valence-corrected chi connectivity index (χ1v) is 6.71. The van der Waals surface area contributed by atoms with Crippen molar-refractivity contribution in [2.45, 2.75) is 33.2 Å². The summed E-state index contributed by atoms with van der Waals surface area (Å²) < 4.78 is 5.52. The van der Waals surface area contributed by atoms with Crippen LogP contribution in [0, 0.1) is 12.8 Å². The van der Waals surface area contributed by atoms with Crippen molar-refractivity contribution in [3.05, 3.63) is 29.8 Å². The SMILES string of the molecule is Cc1cccc(OCCC(=O)NCC(N)C(C)C)c1. The summed E-state index contributed by atoms with van der Waals surface area (Å²) in [4.78, 5) is 11.6. The van der Waals surface area contributed by atoms with E-state index in [1.54, 1.807) is 0 Å². The van der Waals surface area contributed by atoms with E-state index in [0.29, 0.717) is 25.5 Å². The highest BCUT2D eigenvalue weighted by molar-refractivity contribution is 5.76. The number of hydrogen-bond acceptors (Lipinski definition) is 3. The van der Waals surface area contributed by atoms with E-state index in [9.17, 15) is 4.79 Å². The standard InChI is InChI=1S/C15H24N2O2/c1-11(2)14(16)10-17-15(18)7-8-19-13-6-4-5-12(3)9-13/h4-6,9,11,14H,7-8,10,16H2,1-3H3,(H,17,18). The van der Waals surface area contributed by atoms with Gasteiger partial charge in [0.2, 0.25) is 5.91 Å². The minimum Gasteiger partial charge on any atom is -0.493 e. The zero-order valence-electron chi connectivity index (χ0n) is 12.0. The third kappa shape index (κ3) is 6.25. The van der Waals surface area contributed by atoms with Crippen molar-refractivity contribution in [2.75, 3.05) is 13.2 Å². The lowest BCUT2D eigenvalue weighted by Gasteiger charge is -2.16. The van der Waals surface area contributed by atoms with Crippen LogP contribution in [0.25, 0.3) is 0 Å². The molecule has 4 heteroatoms. The summed E-state index contributed by atoms with van der Waals surface area (Å²) in [6, 6.07) is 7.78. The van der Waals surface area contributed by atoms with E-state index in [0.717, 1.165) is 11.3 Å². The summed E-state index contributed by atoms with van der Waals surface area (Å²) in [6.07, 6.45) is 0.346. The molecule has 0 aliphatic rings. The van der Waals surface area contributed by atoms with Crippen molar-refractivity contribution < 1.29 is 9.53 Å². The zero-order chi connectivity index (χ0) is 14.3. The molecule has 0 heterocycles. The lowest BCUT2D eigenvalue weighted by molar-refractivity contribution is -0.121. The van der Waals surface area contributed by atoms with Crippen molar-refractivity contribution >= 4 is 5.91 Å². The van der Waals surface area contributed by atoms with Gasteiger partial charge in [-0.2, -0.15) is 0 Å². The van der Waals surface area contributed by atoms with Crippen LogP contribution >= 0.6 is 0 Å².